The first-order valence-electron chi connectivity index (χ1n) is 7.14. The molecule has 2 aromatic carbocycles. The molecule has 0 saturated heterocycles. The molecule has 0 atom stereocenters. The molecule has 0 heterocycles. The molecule has 0 radical (unpaired) electrons. The fourth-order valence-corrected chi connectivity index (χ4v) is 2.16. The highest BCUT2D eigenvalue weighted by molar-refractivity contribution is 6.02. The van der Waals surface area contributed by atoms with Gasteiger partial charge in [0, 0.05) is 12.0 Å². The maximum Gasteiger partial charge on any atom is 0.167 e. The molecule has 0 bridgehead atoms. The van der Waals surface area contributed by atoms with Crippen molar-refractivity contribution in [2.45, 2.75) is 26.2 Å². The molecule has 0 spiro atoms. The van der Waals surface area contributed by atoms with E-state index in [-0.39, 0.29) is 5.78 Å². The van der Waals surface area contributed by atoms with E-state index in [9.17, 15) is 4.79 Å². The normalized spacial score (nSPS) is 11.3. The molecule has 0 unspecified atom stereocenters. The maximum atomic E-state index is 12.4. The lowest BCUT2D eigenvalue weighted by atomic mass is 9.96. The molecule has 0 N–H and O–H groups in total. The Hall–Kier alpha value is -2.15. The molecule has 0 aromatic heterocycles. The molecule has 2 rings (SSSR count). The highest BCUT2D eigenvalue weighted by Gasteiger charge is 2.09. The van der Waals surface area contributed by atoms with E-state index in [1.807, 2.05) is 48.5 Å². The first kappa shape index (κ1) is 14.3. The molecule has 0 fully saturated rings. The molecule has 0 amide bonds. The Morgan fingerprint density at radius 1 is 0.900 bits per heavy atom. The molecule has 0 aliphatic heterocycles. The fraction of sp³-hybridized carbons (Fsp3) is 0.211. The number of benzene rings is 2. The van der Waals surface area contributed by atoms with Gasteiger partial charge < -0.3 is 0 Å². The number of rotatable bonds is 6. The summed E-state index contributed by atoms with van der Waals surface area (Å²) in [4.78, 5) is 12.4. The number of hydrogen-bond acceptors (Lipinski definition) is 1. The van der Waals surface area contributed by atoms with Gasteiger partial charge in [0.25, 0.3) is 0 Å². The van der Waals surface area contributed by atoms with Gasteiger partial charge in [0.1, 0.15) is 0 Å². The molecule has 0 saturated carbocycles. The predicted molar refractivity (Wildman–Crippen MR) is 84.7 cm³/mol. The Morgan fingerprint density at radius 2 is 1.45 bits per heavy atom. The second-order valence-electron chi connectivity index (χ2n) is 4.85. The summed E-state index contributed by atoms with van der Waals surface area (Å²) in [6, 6.07) is 19.7. The lowest BCUT2D eigenvalue weighted by Crippen LogP contribution is -2.00. The van der Waals surface area contributed by atoms with E-state index in [2.05, 4.69) is 25.1 Å². The zero-order valence-corrected chi connectivity index (χ0v) is 11.9. The minimum Gasteiger partial charge on any atom is -0.294 e. The summed E-state index contributed by atoms with van der Waals surface area (Å²) in [7, 11) is 0. The van der Waals surface area contributed by atoms with Crippen molar-refractivity contribution in [3.63, 3.8) is 0 Å². The first-order valence-corrected chi connectivity index (χ1v) is 7.14. The number of allylic oxidation sites excluding steroid dienone is 2. The Bertz CT molecular complexity index is 567. The zero-order valence-electron chi connectivity index (χ0n) is 11.9. The van der Waals surface area contributed by atoms with Crippen LogP contribution in [0.2, 0.25) is 0 Å². The largest absolute Gasteiger partial charge is 0.294 e. The quantitative estimate of drug-likeness (QED) is 0.660. The SMILES string of the molecule is CCC/C=C(\CC(=O)c1ccccc1)c1ccccc1. The summed E-state index contributed by atoms with van der Waals surface area (Å²) in [5.74, 6) is 0.178. The Balaban J connectivity index is 2.19. The molecule has 1 heteroatoms. The number of ketones is 1. The Kier molecular flexibility index (Phi) is 5.31. The second-order valence-corrected chi connectivity index (χ2v) is 4.85. The van der Waals surface area contributed by atoms with Gasteiger partial charge in [0.2, 0.25) is 0 Å². The number of hydrogen-bond donors (Lipinski definition) is 0. The summed E-state index contributed by atoms with van der Waals surface area (Å²) < 4.78 is 0. The van der Waals surface area contributed by atoms with E-state index in [0.29, 0.717) is 6.42 Å². The van der Waals surface area contributed by atoms with Crippen LogP contribution in [0.25, 0.3) is 5.57 Å². The van der Waals surface area contributed by atoms with Crippen LogP contribution in [0.4, 0.5) is 0 Å². The van der Waals surface area contributed by atoms with Crippen LogP contribution in [-0.2, 0) is 0 Å². The summed E-state index contributed by atoms with van der Waals surface area (Å²) in [5, 5.41) is 0. The molecule has 102 valence electrons. The van der Waals surface area contributed by atoms with Gasteiger partial charge in [-0.15, -0.1) is 0 Å². The number of Topliss-reactive ketones (excluding diaryl/α,β-unsaturated/α-hetero) is 1. The van der Waals surface area contributed by atoms with Crippen LogP contribution in [0.1, 0.15) is 42.1 Å². The van der Waals surface area contributed by atoms with E-state index < -0.39 is 0 Å². The summed E-state index contributed by atoms with van der Waals surface area (Å²) >= 11 is 0. The first-order chi connectivity index (χ1) is 9.81. The van der Waals surface area contributed by atoms with Crippen LogP contribution in [0.15, 0.2) is 66.7 Å². The van der Waals surface area contributed by atoms with Crippen molar-refractivity contribution >= 4 is 11.4 Å². The number of carbonyl (C=O) groups is 1. The van der Waals surface area contributed by atoms with Crippen molar-refractivity contribution in [2.75, 3.05) is 0 Å². The van der Waals surface area contributed by atoms with Crippen molar-refractivity contribution in [3.8, 4) is 0 Å². The summed E-state index contributed by atoms with van der Waals surface area (Å²) in [5.41, 5.74) is 3.05. The third-order valence-corrected chi connectivity index (χ3v) is 3.27. The smallest absolute Gasteiger partial charge is 0.167 e. The molecular weight excluding hydrogens is 244 g/mol. The van der Waals surface area contributed by atoms with Crippen LogP contribution < -0.4 is 0 Å². The fourth-order valence-electron chi connectivity index (χ4n) is 2.16. The van der Waals surface area contributed by atoms with Crippen LogP contribution in [0, 0.1) is 0 Å². The van der Waals surface area contributed by atoms with Crippen molar-refractivity contribution in [3.05, 3.63) is 77.9 Å². The van der Waals surface area contributed by atoms with Gasteiger partial charge in [-0.25, -0.2) is 0 Å². The maximum absolute atomic E-state index is 12.4. The third-order valence-electron chi connectivity index (χ3n) is 3.27. The van der Waals surface area contributed by atoms with Gasteiger partial charge in [0.15, 0.2) is 5.78 Å². The van der Waals surface area contributed by atoms with Gasteiger partial charge in [0.05, 0.1) is 0 Å². The Labute approximate surface area is 121 Å². The van der Waals surface area contributed by atoms with Crippen LogP contribution in [0.5, 0.6) is 0 Å². The summed E-state index contributed by atoms with van der Waals surface area (Å²) in [6.07, 6.45) is 4.76. The van der Waals surface area contributed by atoms with Gasteiger partial charge in [-0.3, -0.25) is 4.79 Å². The van der Waals surface area contributed by atoms with Gasteiger partial charge in [-0.2, -0.15) is 0 Å². The lowest BCUT2D eigenvalue weighted by Gasteiger charge is -2.08. The van der Waals surface area contributed by atoms with E-state index in [4.69, 9.17) is 0 Å². The highest BCUT2D eigenvalue weighted by Crippen LogP contribution is 2.21. The van der Waals surface area contributed by atoms with Crippen molar-refractivity contribution in [1.82, 2.24) is 0 Å². The monoisotopic (exact) mass is 264 g/mol. The summed E-state index contributed by atoms with van der Waals surface area (Å²) in [6.45, 7) is 2.15. The third kappa shape index (κ3) is 3.92. The minimum atomic E-state index is 0.178. The van der Waals surface area contributed by atoms with Gasteiger partial charge in [-0.05, 0) is 17.6 Å². The molecule has 20 heavy (non-hydrogen) atoms. The number of carbonyl (C=O) groups excluding carboxylic acids is 1. The highest BCUT2D eigenvalue weighted by atomic mass is 16.1. The molecule has 0 aliphatic carbocycles. The topological polar surface area (TPSA) is 17.1 Å². The lowest BCUT2D eigenvalue weighted by molar-refractivity contribution is 0.0998. The van der Waals surface area contributed by atoms with Crippen molar-refractivity contribution < 1.29 is 4.79 Å². The van der Waals surface area contributed by atoms with Crippen molar-refractivity contribution in [2.24, 2.45) is 0 Å². The van der Waals surface area contributed by atoms with Crippen LogP contribution in [-0.4, -0.2) is 5.78 Å². The molecule has 0 aliphatic rings. The van der Waals surface area contributed by atoms with Crippen LogP contribution >= 0.6 is 0 Å². The minimum absolute atomic E-state index is 0.178. The Morgan fingerprint density at radius 3 is 2.00 bits per heavy atom. The van der Waals surface area contributed by atoms with Crippen LogP contribution in [0.3, 0.4) is 0 Å². The van der Waals surface area contributed by atoms with E-state index in [1.165, 1.54) is 0 Å². The molecular formula is C19H20O. The van der Waals surface area contributed by atoms with E-state index in [1.54, 1.807) is 0 Å². The molecule has 1 nitrogen and oxygen atoms in total. The van der Waals surface area contributed by atoms with Crippen molar-refractivity contribution in [1.29, 1.82) is 0 Å². The second kappa shape index (κ2) is 7.44. The van der Waals surface area contributed by atoms with E-state index >= 15 is 0 Å². The van der Waals surface area contributed by atoms with Gasteiger partial charge >= 0.3 is 0 Å². The molecule has 2 aromatic rings. The standard InChI is InChI=1S/C19H20O/c1-2-3-10-18(16-11-6-4-7-12-16)15-19(20)17-13-8-5-9-14-17/h4-14H,2-3,15H2,1H3/b18-10+. The van der Waals surface area contributed by atoms with E-state index in [0.717, 1.165) is 29.5 Å². The number of unbranched alkanes of at least 4 members (excludes halogenated alkanes) is 1. The average Bonchev–Trinajstić information content (AvgIpc) is 2.53. The van der Waals surface area contributed by atoms with Gasteiger partial charge in [-0.1, -0.05) is 80.1 Å². The average molecular weight is 264 g/mol. The zero-order chi connectivity index (χ0) is 14.2. The predicted octanol–water partition coefficient (Wildman–Crippen LogP) is 5.14.